The smallest absolute Gasteiger partial charge is 0.248 e. The van der Waals surface area contributed by atoms with Crippen LogP contribution < -0.4 is 10.1 Å². The van der Waals surface area contributed by atoms with E-state index in [1.807, 2.05) is 54.8 Å². The van der Waals surface area contributed by atoms with Gasteiger partial charge in [0.25, 0.3) is 0 Å². The van der Waals surface area contributed by atoms with E-state index < -0.39 is 0 Å². The summed E-state index contributed by atoms with van der Waals surface area (Å²) >= 11 is 1.64. The first-order valence-electron chi connectivity index (χ1n) is 6.49. The Morgan fingerprint density at radius 1 is 1.19 bits per heavy atom. The topological polar surface area (TPSA) is 38.3 Å². The molecule has 0 aliphatic carbocycles. The zero-order valence-corrected chi connectivity index (χ0v) is 12.8. The third-order valence-electron chi connectivity index (χ3n) is 2.89. The zero-order valence-electron chi connectivity index (χ0n) is 12.0. The number of nitrogens with one attached hydrogen (secondary N) is 1. The van der Waals surface area contributed by atoms with E-state index in [0.717, 1.165) is 21.9 Å². The first kappa shape index (κ1) is 15.2. The van der Waals surface area contributed by atoms with E-state index in [1.165, 1.54) is 6.08 Å². The molecular weight excluding hydrogens is 282 g/mol. The number of carbonyl (C=O) groups is 1. The van der Waals surface area contributed by atoms with Crippen LogP contribution in [0.15, 0.2) is 59.5 Å². The number of carbonyl (C=O) groups excluding carboxylic acids is 1. The molecule has 1 N–H and O–H groups in total. The molecule has 2 aromatic carbocycles. The van der Waals surface area contributed by atoms with E-state index >= 15 is 0 Å². The molecule has 0 saturated heterocycles. The summed E-state index contributed by atoms with van der Waals surface area (Å²) in [6.45, 7) is 0. The molecule has 0 aromatic heterocycles. The van der Waals surface area contributed by atoms with Gasteiger partial charge < -0.3 is 10.1 Å². The average molecular weight is 299 g/mol. The van der Waals surface area contributed by atoms with Gasteiger partial charge in [-0.05, 0) is 36.6 Å². The summed E-state index contributed by atoms with van der Waals surface area (Å²) in [7, 11) is 1.61. The zero-order chi connectivity index (χ0) is 15.1. The van der Waals surface area contributed by atoms with E-state index in [0.29, 0.717) is 0 Å². The van der Waals surface area contributed by atoms with Crippen molar-refractivity contribution in [3.05, 3.63) is 60.2 Å². The number of thioether (sulfide) groups is 1. The van der Waals surface area contributed by atoms with Gasteiger partial charge in [-0.2, -0.15) is 0 Å². The number of para-hydroxylation sites is 1. The largest absolute Gasteiger partial charge is 0.496 e. The van der Waals surface area contributed by atoms with Gasteiger partial charge in [-0.1, -0.05) is 24.3 Å². The Balaban J connectivity index is 2.05. The van der Waals surface area contributed by atoms with Gasteiger partial charge >= 0.3 is 0 Å². The Kier molecular flexibility index (Phi) is 5.46. The van der Waals surface area contributed by atoms with Crippen LogP contribution in [0.25, 0.3) is 6.08 Å². The molecule has 4 heteroatoms. The molecule has 0 saturated carbocycles. The molecular formula is C17H17NO2S. The first-order valence-corrected chi connectivity index (χ1v) is 7.71. The number of benzene rings is 2. The molecule has 0 aliphatic heterocycles. The van der Waals surface area contributed by atoms with Gasteiger partial charge in [-0.25, -0.2) is 0 Å². The van der Waals surface area contributed by atoms with Crippen LogP contribution in [0.1, 0.15) is 5.56 Å². The van der Waals surface area contributed by atoms with Gasteiger partial charge in [0.15, 0.2) is 0 Å². The molecule has 0 atom stereocenters. The molecule has 0 unspecified atom stereocenters. The van der Waals surface area contributed by atoms with Crippen LogP contribution >= 0.6 is 11.8 Å². The SMILES string of the molecule is COc1ccccc1C=CC(=O)Nc1cccc(SC)c1. The van der Waals surface area contributed by atoms with E-state index in [2.05, 4.69) is 5.32 Å². The van der Waals surface area contributed by atoms with Crippen LogP contribution in [0.4, 0.5) is 5.69 Å². The second kappa shape index (κ2) is 7.55. The van der Waals surface area contributed by atoms with Crippen LogP contribution in [0.5, 0.6) is 5.75 Å². The molecule has 0 heterocycles. The summed E-state index contributed by atoms with van der Waals surface area (Å²) < 4.78 is 5.24. The van der Waals surface area contributed by atoms with Crippen LogP contribution in [0.3, 0.4) is 0 Å². The number of hydrogen-bond donors (Lipinski definition) is 1. The highest BCUT2D eigenvalue weighted by molar-refractivity contribution is 7.98. The number of rotatable bonds is 5. The van der Waals surface area contributed by atoms with E-state index in [1.54, 1.807) is 24.9 Å². The second-order valence-electron chi connectivity index (χ2n) is 4.30. The molecule has 108 valence electrons. The summed E-state index contributed by atoms with van der Waals surface area (Å²) in [6.07, 6.45) is 5.25. The highest BCUT2D eigenvalue weighted by atomic mass is 32.2. The summed E-state index contributed by atoms with van der Waals surface area (Å²) in [5, 5.41) is 2.84. The summed E-state index contributed by atoms with van der Waals surface area (Å²) in [5.41, 5.74) is 1.66. The number of anilines is 1. The lowest BCUT2D eigenvalue weighted by Gasteiger charge is -2.05. The standard InChI is InChI=1S/C17H17NO2S/c1-20-16-9-4-3-6-13(16)10-11-17(19)18-14-7-5-8-15(12-14)21-2/h3-12H,1-2H3,(H,18,19). The van der Waals surface area contributed by atoms with E-state index in [4.69, 9.17) is 4.74 Å². The molecule has 21 heavy (non-hydrogen) atoms. The number of ether oxygens (including phenoxy) is 1. The van der Waals surface area contributed by atoms with Crippen molar-refractivity contribution in [1.82, 2.24) is 0 Å². The first-order chi connectivity index (χ1) is 10.2. The van der Waals surface area contributed by atoms with Crippen molar-refractivity contribution in [2.24, 2.45) is 0 Å². The van der Waals surface area contributed by atoms with Gasteiger partial charge in [0.05, 0.1) is 7.11 Å². The van der Waals surface area contributed by atoms with Crippen molar-refractivity contribution >= 4 is 29.4 Å². The van der Waals surface area contributed by atoms with Crippen molar-refractivity contribution in [3.63, 3.8) is 0 Å². The highest BCUT2D eigenvalue weighted by Crippen LogP contribution is 2.20. The minimum absolute atomic E-state index is 0.167. The maximum absolute atomic E-state index is 11.9. The lowest BCUT2D eigenvalue weighted by molar-refractivity contribution is -0.111. The van der Waals surface area contributed by atoms with Crippen molar-refractivity contribution in [2.75, 3.05) is 18.7 Å². The Hall–Kier alpha value is -2.20. The Morgan fingerprint density at radius 2 is 2.00 bits per heavy atom. The van der Waals surface area contributed by atoms with E-state index in [-0.39, 0.29) is 5.91 Å². The quantitative estimate of drug-likeness (QED) is 0.668. The molecule has 0 bridgehead atoms. The Bertz CT molecular complexity index is 653. The predicted octanol–water partition coefficient (Wildman–Crippen LogP) is 4.07. The molecule has 3 nitrogen and oxygen atoms in total. The van der Waals surface area contributed by atoms with Crippen LogP contribution in [-0.4, -0.2) is 19.3 Å². The van der Waals surface area contributed by atoms with Gasteiger partial charge in [0.2, 0.25) is 5.91 Å². The lowest BCUT2D eigenvalue weighted by Crippen LogP contribution is -2.07. The summed E-state index contributed by atoms with van der Waals surface area (Å²) in [4.78, 5) is 13.1. The van der Waals surface area contributed by atoms with Gasteiger partial charge in [-0.15, -0.1) is 11.8 Å². The van der Waals surface area contributed by atoms with Gasteiger partial charge in [0.1, 0.15) is 5.75 Å². The molecule has 2 aromatic rings. The minimum Gasteiger partial charge on any atom is -0.496 e. The van der Waals surface area contributed by atoms with Crippen molar-refractivity contribution in [2.45, 2.75) is 4.90 Å². The van der Waals surface area contributed by atoms with Crippen molar-refractivity contribution in [3.8, 4) is 5.75 Å². The molecule has 0 fully saturated rings. The van der Waals surface area contributed by atoms with E-state index in [9.17, 15) is 4.79 Å². The maximum atomic E-state index is 11.9. The second-order valence-corrected chi connectivity index (χ2v) is 5.18. The van der Waals surface area contributed by atoms with Crippen molar-refractivity contribution in [1.29, 1.82) is 0 Å². The normalized spacial score (nSPS) is 10.6. The number of hydrogen-bond acceptors (Lipinski definition) is 3. The highest BCUT2D eigenvalue weighted by Gasteiger charge is 2.01. The minimum atomic E-state index is -0.167. The lowest BCUT2D eigenvalue weighted by atomic mass is 10.2. The molecule has 0 aliphatic rings. The molecule has 2 rings (SSSR count). The fraction of sp³-hybridized carbons (Fsp3) is 0.118. The molecule has 0 radical (unpaired) electrons. The maximum Gasteiger partial charge on any atom is 0.248 e. The molecule has 1 amide bonds. The van der Waals surface area contributed by atoms with Crippen LogP contribution in [0, 0.1) is 0 Å². The molecule has 0 spiro atoms. The number of amides is 1. The predicted molar refractivity (Wildman–Crippen MR) is 88.9 cm³/mol. The average Bonchev–Trinajstić information content (AvgIpc) is 2.53. The summed E-state index contributed by atoms with van der Waals surface area (Å²) in [5.74, 6) is 0.574. The Labute approximate surface area is 129 Å². The summed E-state index contributed by atoms with van der Waals surface area (Å²) in [6, 6.07) is 15.3. The van der Waals surface area contributed by atoms with Crippen LogP contribution in [0.2, 0.25) is 0 Å². The number of methoxy groups -OCH3 is 1. The Morgan fingerprint density at radius 3 is 2.76 bits per heavy atom. The van der Waals surface area contributed by atoms with Crippen LogP contribution in [-0.2, 0) is 4.79 Å². The fourth-order valence-electron chi connectivity index (χ4n) is 1.85. The fourth-order valence-corrected chi connectivity index (χ4v) is 2.31. The van der Waals surface area contributed by atoms with Gasteiger partial charge in [-0.3, -0.25) is 4.79 Å². The third-order valence-corrected chi connectivity index (χ3v) is 3.62. The monoisotopic (exact) mass is 299 g/mol. The van der Waals surface area contributed by atoms with Gasteiger partial charge in [0, 0.05) is 22.2 Å². The third kappa shape index (κ3) is 4.39. The van der Waals surface area contributed by atoms with Crippen molar-refractivity contribution < 1.29 is 9.53 Å².